The molecular formula is C14H9ClN2. The summed E-state index contributed by atoms with van der Waals surface area (Å²) in [6.07, 6.45) is 3.48. The number of para-hydroxylation sites is 1. The van der Waals surface area contributed by atoms with Crippen molar-refractivity contribution < 1.29 is 0 Å². The molecule has 0 saturated heterocycles. The second kappa shape index (κ2) is 4.15. The minimum atomic E-state index is 0.517. The maximum absolute atomic E-state index is 6.13. The third-order valence-corrected chi connectivity index (χ3v) is 3.00. The molecule has 2 aromatic heterocycles. The van der Waals surface area contributed by atoms with E-state index in [4.69, 9.17) is 11.6 Å². The van der Waals surface area contributed by atoms with Crippen LogP contribution in [0.1, 0.15) is 0 Å². The highest BCUT2D eigenvalue weighted by molar-refractivity contribution is 6.32. The van der Waals surface area contributed by atoms with E-state index in [0.29, 0.717) is 5.15 Å². The van der Waals surface area contributed by atoms with Crippen LogP contribution < -0.4 is 0 Å². The lowest BCUT2D eigenvalue weighted by molar-refractivity contribution is 1.33. The first-order valence-corrected chi connectivity index (χ1v) is 5.69. The van der Waals surface area contributed by atoms with Crippen LogP contribution in [0.4, 0.5) is 0 Å². The Hall–Kier alpha value is -1.93. The van der Waals surface area contributed by atoms with Gasteiger partial charge in [-0.1, -0.05) is 29.8 Å². The van der Waals surface area contributed by atoms with Gasteiger partial charge in [0, 0.05) is 23.3 Å². The molecule has 0 aliphatic carbocycles. The molecule has 3 aromatic rings. The number of halogens is 1. The SMILES string of the molecule is Clc1ncccc1-c1ccnc2ccccc12. The normalized spacial score (nSPS) is 10.6. The number of fused-ring (bicyclic) bond motifs is 1. The van der Waals surface area contributed by atoms with E-state index in [2.05, 4.69) is 9.97 Å². The molecule has 0 atom stereocenters. The van der Waals surface area contributed by atoms with Crippen molar-refractivity contribution in [2.75, 3.05) is 0 Å². The first kappa shape index (κ1) is 10.2. The van der Waals surface area contributed by atoms with Gasteiger partial charge >= 0.3 is 0 Å². The maximum atomic E-state index is 6.13. The van der Waals surface area contributed by atoms with Crippen molar-refractivity contribution in [3.63, 3.8) is 0 Å². The van der Waals surface area contributed by atoms with Gasteiger partial charge in [0.25, 0.3) is 0 Å². The van der Waals surface area contributed by atoms with E-state index in [9.17, 15) is 0 Å². The highest BCUT2D eigenvalue weighted by Gasteiger charge is 2.07. The van der Waals surface area contributed by atoms with E-state index in [1.165, 1.54) is 0 Å². The fourth-order valence-electron chi connectivity index (χ4n) is 1.92. The van der Waals surface area contributed by atoms with Gasteiger partial charge in [-0.15, -0.1) is 0 Å². The van der Waals surface area contributed by atoms with E-state index in [0.717, 1.165) is 22.0 Å². The Balaban J connectivity index is 2.35. The highest BCUT2D eigenvalue weighted by atomic mass is 35.5. The average molecular weight is 241 g/mol. The standard InChI is InChI=1S/C14H9ClN2/c15-14-12(5-3-8-17-14)10-7-9-16-13-6-2-1-4-11(10)13/h1-9H. The first-order valence-electron chi connectivity index (χ1n) is 5.31. The molecule has 3 heteroatoms. The lowest BCUT2D eigenvalue weighted by atomic mass is 10.0. The summed E-state index contributed by atoms with van der Waals surface area (Å²) in [5, 5.41) is 1.61. The van der Waals surface area contributed by atoms with E-state index in [1.54, 1.807) is 12.4 Å². The lowest BCUT2D eigenvalue weighted by Gasteiger charge is -2.06. The minimum absolute atomic E-state index is 0.517. The van der Waals surface area contributed by atoms with Gasteiger partial charge in [0.15, 0.2) is 0 Å². The largest absolute Gasteiger partial charge is 0.256 e. The topological polar surface area (TPSA) is 25.8 Å². The molecule has 3 rings (SSSR count). The molecule has 82 valence electrons. The van der Waals surface area contributed by atoms with E-state index in [1.807, 2.05) is 42.5 Å². The third kappa shape index (κ3) is 1.77. The van der Waals surface area contributed by atoms with Crippen LogP contribution in [0.2, 0.25) is 5.15 Å². The van der Waals surface area contributed by atoms with Crippen molar-refractivity contribution in [3.05, 3.63) is 60.0 Å². The smallest absolute Gasteiger partial charge is 0.136 e. The Morgan fingerprint density at radius 3 is 2.53 bits per heavy atom. The molecule has 0 saturated carbocycles. The Kier molecular flexibility index (Phi) is 2.50. The molecule has 0 amide bonds. The summed E-state index contributed by atoms with van der Waals surface area (Å²) in [4.78, 5) is 8.44. The van der Waals surface area contributed by atoms with Crippen LogP contribution in [-0.4, -0.2) is 9.97 Å². The fourth-order valence-corrected chi connectivity index (χ4v) is 2.14. The number of nitrogens with zero attached hydrogens (tertiary/aromatic N) is 2. The summed E-state index contributed by atoms with van der Waals surface area (Å²) in [6.45, 7) is 0. The van der Waals surface area contributed by atoms with Crippen molar-refractivity contribution in [1.29, 1.82) is 0 Å². The number of pyridine rings is 2. The Labute approximate surface area is 104 Å². The molecule has 2 heterocycles. The van der Waals surface area contributed by atoms with E-state index >= 15 is 0 Å². The van der Waals surface area contributed by atoms with Crippen LogP contribution in [0, 0.1) is 0 Å². The van der Waals surface area contributed by atoms with Gasteiger partial charge in [-0.25, -0.2) is 4.98 Å². The summed E-state index contributed by atoms with van der Waals surface area (Å²) in [5.74, 6) is 0. The molecular weight excluding hydrogens is 232 g/mol. The van der Waals surface area contributed by atoms with Crippen LogP contribution >= 0.6 is 11.6 Å². The molecule has 17 heavy (non-hydrogen) atoms. The summed E-state index contributed by atoms with van der Waals surface area (Å²) >= 11 is 6.13. The zero-order valence-electron chi connectivity index (χ0n) is 8.97. The van der Waals surface area contributed by atoms with Crippen molar-refractivity contribution in [3.8, 4) is 11.1 Å². The second-order valence-electron chi connectivity index (χ2n) is 3.72. The average Bonchev–Trinajstić information content (AvgIpc) is 2.39. The minimum Gasteiger partial charge on any atom is -0.256 e. The zero-order valence-corrected chi connectivity index (χ0v) is 9.72. The Bertz CT molecular complexity index is 674. The van der Waals surface area contributed by atoms with Crippen LogP contribution in [-0.2, 0) is 0 Å². The summed E-state index contributed by atoms with van der Waals surface area (Å²) in [5.41, 5.74) is 2.96. The van der Waals surface area contributed by atoms with Gasteiger partial charge in [-0.05, 0) is 29.8 Å². The van der Waals surface area contributed by atoms with Gasteiger partial charge in [0.2, 0.25) is 0 Å². The van der Waals surface area contributed by atoms with Crippen LogP contribution in [0.3, 0.4) is 0 Å². The monoisotopic (exact) mass is 240 g/mol. The number of hydrogen-bond donors (Lipinski definition) is 0. The Morgan fingerprint density at radius 1 is 0.765 bits per heavy atom. The molecule has 2 nitrogen and oxygen atoms in total. The third-order valence-electron chi connectivity index (χ3n) is 2.70. The summed E-state index contributed by atoms with van der Waals surface area (Å²) in [7, 11) is 0. The van der Waals surface area contributed by atoms with Crippen molar-refractivity contribution in [2.45, 2.75) is 0 Å². The van der Waals surface area contributed by atoms with Crippen LogP contribution in [0.15, 0.2) is 54.9 Å². The van der Waals surface area contributed by atoms with Gasteiger partial charge < -0.3 is 0 Å². The van der Waals surface area contributed by atoms with Gasteiger partial charge in [0.05, 0.1) is 5.52 Å². The van der Waals surface area contributed by atoms with Gasteiger partial charge in [0.1, 0.15) is 5.15 Å². The number of rotatable bonds is 1. The molecule has 0 aliphatic heterocycles. The Morgan fingerprint density at radius 2 is 1.65 bits per heavy atom. The lowest BCUT2D eigenvalue weighted by Crippen LogP contribution is -1.86. The van der Waals surface area contributed by atoms with E-state index < -0.39 is 0 Å². The van der Waals surface area contributed by atoms with Gasteiger partial charge in [-0.3, -0.25) is 4.98 Å². The van der Waals surface area contributed by atoms with E-state index in [-0.39, 0.29) is 0 Å². The number of hydrogen-bond acceptors (Lipinski definition) is 2. The fraction of sp³-hybridized carbons (Fsp3) is 0. The van der Waals surface area contributed by atoms with Gasteiger partial charge in [-0.2, -0.15) is 0 Å². The predicted molar refractivity (Wildman–Crippen MR) is 70.0 cm³/mol. The second-order valence-corrected chi connectivity index (χ2v) is 4.08. The molecule has 0 bridgehead atoms. The van der Waals surface area contributed by atoms with Crippen molar-refractivity contribution >= 4 is 22.5 Å². The van der Waals surface area contributed by atoms with Crippen molar-refractivity contribution in [1.82, 2.24) is 9.97 Å². The summed E-state index contributed by atoms with van der Waals surface area (Å²) in [6, 6.07) is 13.8. The van der Waals surface area contributed by atoms with Crippen LogP contribution in [0.5, 0.6) is 0 Å². The predicted octanol–water partition coefficient (Wildman–Crippen LogP) is 3.95. The molecule has 1 aromatic carbocycles. The zero-order chi connectivity index (χ0) is 11.7. The summed E-state index contributed by atoms with van der Waals surface area (Å²) < 4.78 is 0. The molecule has 0 N–H and O–H groups in total. The highest BCUT2D eigenvalue weighted by Crippen LogP contribution is 2.30. The molecule has 0 aliphatic rings. The maximum Gasteiger partial charge on any atom is 0.136 e. The number of benzene rings is 1. The molecule has 0 fully saturated rings. The first-order chi connectivity index (χ1) is 8.36. The molecule has 0 unspecified atom stereocenters. The quantitative estimate of drug-likeness (QED) is 0.602. The molecule has 0 radical (unpaired) electrons. The number of aromatic nitrogens is 2. The van der Waals surface area contributed by atoms with Crippen molar-refractivity contribution in [2.24, 2.45) is 0 Å². The van der Waals surface area contributed by atoms with Crippen LogP contribution in [0.25, 0.3) is 22.0 Å². The molecule has 0 spiro atoms.